The van der Waals surface area contributed by atoms with Gasteiger partial charge in [0.25, 0.3) is 0 Å². The molecule has 0 aromatic heterocycles. The molecule has 2 heteroatoms. The maximum absolute atomic E-state index is 5.85. The molecule has 3 N–H and O–H groups in total. The van der Waals surface area contributed by atoms with E-state index < -0.39 is 0 Å². The SMILES string of the molecule is C=Cc1cccc2c1NC[C@H](N)C2. The van der Waals surface area contributed by atoms with Crippen LogP contribution in [0.2, 0.25) is 0 Å². The molecule has 13 heavy (non-hydrogen) atoms. The van der Waals surface area contributed by atoms with Gasteiger partial charge in [0.05, 0.1) is 0 Å². The molecule has 0 fully saturated rings. The van der Waals surface area contributed by atoms with E-state index in [4.69, 9.17) is 5.73 Å². The molecule has 1 aliphatic rings. The van der Waals surface area contributed by atoms with E-state index in [1.165, 1.54) is 16.8 Å². The zero-order valence-electron chi connectivity index (χ0n) is 7.59. The standard InChI is InChI=1S/C11H14N2/c1-2-8-4-3-5-9-6-10(12)7-13-11(8)9/h2-5,10,13H,1,6-7,12H2/t10-/m1/s1. The maximum Gasteiger partial charge on any atom is 0.0447 e. The maximum atomic E-state index is 5.85. The minimum absolute atomic E-state index is 0.243. The monoisotopic (exact) mass is 174 g/mol. The van der Waals surface area contributed by atoms with Gasteiger partial charge in [-0.1, -0.05) is 30.9 Å². The fraction of sp³-hybridized carbons (Fsp3) is 0.273. The van der Waals surface area contributed by atoms with Gasteiger partial charge in [-0.25, -0.2) is 0 Å². The van der Waals surface area contributed by atoms with Crippen LogP contribution in [0.1, 0.15) is 11.1 Å². The lowest BCUT2D eigenvalue weighted by molar-refractivity contribution is 0.679. The summed E-state index contributed by atoms with van der Waals surface area (Å²) in [5.74, 6) is 0. The number of nitrogens with two attached hydrogens (primary N) is 1. The molecule has 1 heterocycles. The predicted octanol–water partition coefficient (Wildman–Crippen LogP) is 1.62. The Balaban J connectivity index is 2.45. The average molecular weight is 174 g/mol. The molecule has 0 bridgehead atoms. The van der Waals surface area contributed by atoms with Crippen molar-refractivity contribution in [2.24, 2.45) is 5.73 Å². The molecule has 0 unspecified atom stereocenters. The van der Waals surface area contributed by atoms with Crippen LogP contribution in [0.25, 0.3) is 6.08 Å². The van der Waals surface area contributed by atoms with E-state index in [9.17, 15) is 0 Å². The highest BCUT2D eigenvalue weighted by Gasteiger charge is 2.15. The number of nitrogens with one attached hydrogen (secondary N) is 1. The van der Waals surface area contributed by atoms with Crippen molar-refractivity contribution < 1.29 is 0 Å². The molecule has 1 aromatic carbocycles. The van der Waals surface area contributed by atoms with Gasteiger partial charge < -0.3 is 11.1 Å². The third kappa shape index (κ3) is 1.45. The van der Waals surface area contributed by atoms with Gasteiger partial charge in [0, 0.05) is 18.3 Å². The van der Waals surface area contributed by atoms with Gasteiger partial charge in [0.2, 0.25) is 0 Å². The molecule has 1 aliphatic heterocycles. The summed E-state index contributed by atoms with van der Waals surface area (Å²) in [5, 5.41) is 3.34. The number of rotatable bonds is 1. The van der Waals surface area contributed by atoms with Crippen molar-refractivity contribution in [3.63, 3.8) is 0 Å². The van der Waals surface area contributed by atoms with E-state index in [-0.39, 0.29) is 6.04 Å². The van der Waals surface area contributed by atoms with Crippen molar-refractivity contribution in [2.75, 3.05) is 11.9 Å². The van der Waals surface area contributed by atoms with Crippen LogP contribution in [0.5, 0.6) is 0 Å². The second kappa shape index (κ2) is 3.23. The predicted molar refractivity (Wildman–Crippen MR) is 56.7 cm³/mol. The Kier molecular flexibility index (Phi) is 2.07. The smallest absolute Gasteiger partial charge is 0.0447 e. The normalized spacial score (nSPS) is 20.2. The highest BCUT2D eigenvalue weighted by molar-refractivity contribution is 5.70. The Hall–Kier alpha value is -1.28. The quantitative estimate of drug-likeness (QED) is 0.679. The van der Waals surface area contributed by atoms with E-state index in [2.05, 4.69) is 30.1 Å². The zero-order chi connectivity index (χ0) is 9.26. The van der Waals surface area contributed by atoms with E-state index in [1.54, 1.807) is 0 Å². The molecular formula is C11H14N2. The molecule has 1 aromatic rings. The Morgan fingerprint density at radius 2 is 2.38 bits per heavy atom. The summed E-state index contributed by atoms with van der Waals surface area (Å²) < 4.78 is 0. The number of hydrogen-bond donors (Lipinski definition) is 2. The molecule has 0 radical (unpaired) electrons. The first-order chi connectivity index (χ1) is 6.31. The van der Waals surface area contributed by atoms with Crippen LogP contribution >= 0.6 is 0 Å². The summed E-state index contributed by atoms with van der Waals surface area (Å²) in [6.07, 6.45) is 2.84. The Morgan fingerprint density at radius 1 is 1.54 bits per heavy atom. The van der Waals surface area contributed by atoms with Crippen LogP contribution in [0.15, 0.2) is 24.8 Å². The summed E-state index contributed by atoms with van der Waals surface area (Å²) >= 11 is 0. The summed E-state index contributed by atoms with van der Waals surface area (Å²) in [7, 11) is 0. The lowest BCUT2D eigenvalue weighted by Gasteiger charge is -2.24. The average Bonchev–Trinajstić information content (AvgIpc) is 2.16. The molecule has 1 atom stereocenters. The lowest BCUT2D eigenvalue weighted by atomic mass is 9.97. The van der Waals surface area contributed by atoms with Gasteiger partial charge >= 0.3 is 0 Å². The number of benzene rings is 1. The van der Waals surface area contributed by atoms with Gasteiger partial charge in [-0.2, -0.15) is 0 Å². The molecule has 0 aliphatic carbocycles. The molecule has 0 amide bonds. The number of para-hydroxylation sites is 1. The van der Waals surface area contributed by atoms with Crippen molar-refractivity contribution in [2.45, 2.75) is 12.5 Å². The molecule has 2 nitrogen and oxygen atoms in total. The first kappa shape index (κ1) is 8.32. The highest BCUT2D eigenvalue weighted by Crippen LogP contribution is 2.26. The first-order valence-electron chi connectivity index (χ1n) is 4.55. The molecular weight excluding hydrogens is 160 g/mol. The van der Waals surface area contributed by atoms with Gasteiger partial charge in [0.1, 0.15) is 0 Å². The van der Waals surface area contributed by atoms with Crippen molar-refractivity contribution in [1.29, 1.82) is 0 Å². The number of anilines is 1. The van der Waals surface area contributed by atoms with Crippen molar-refractivity contribution >= 4 is 11.8 Å². The molecule has 0 spiro atoms. The Morgan fingerprint density at radius 3 is 3.15 bits per heavy atom. The van der Waals surface area contributed by atoms with E-state index in [1.807, 2.05) is 6.08 Å². The largest absolute Gasteiger partial charge is 0.383 e. The Labute approximate surface area is 78.5 Å². The van der Waals surface area contributed by atoms with Crippen LogP contribution in [0, 0.1) is 0 Å². The van der Waals surface area contributed by atoms with Crippen LogP contribution in [0.4, 0.5) is 5.69 Å². The molecule has 2 rings (SSSR count). The third-order valence-electron chi connectivity index (χ3n) is 2.43. The van der Waals surface area contributed by atoms with Crippen LogP contribution in [-0.4, -0.2) is 12.6 Å². The van der Waals surface area contributed by atoms with Crippen LogP contribution in [-0.2, 0) is 6.42 Å². The summed E-state index contributed by atoms with van der Waals surface area (Å²) in [5.41, 5.74) is 9.53. The summed E-state index contributed by atoms with van der Waals surface area (Å²) in [4.78, 5) is 0. The molecule has 0 saturated heterocycles. The van der Waals surface area contributed by atoms with Crippen molar-refractivity contribution in [3.05, 3.63) is 35.9 Å². The van der Waals surface area contributed by atoms with Gasteiger partial charge in [-0.3, -0.25) is 0 Å². The van der Waals surface area contributed by atoms with Gasteiger partial charge in [-0.15, -0.1) is 0 Å². The zero-order valence-corrected chi connectivity index (χ0v) is 7.59. The first-order valence-corrected chi connectivity index (χ1v) is 4.55. The van der Waals surface area contributed by atoms with E-state index in [0.717, 1.165) is 13.0 Å². The van der Waals surface area contributed by atoms with Gasteiger partial charge in [0.15, 0.2) is 0 Å². The topological polar surface area (TPSA) is 38.0 Å². The minimum atomic E-state index is 0.243. The van der Waals surface area contributed by atoms with Crippen molar-refractivity contribution in [1.82, 2.24) is 0 Å². The summed E-state index contributed by atoms with van der Waals surface area (Å²) in [6.45, 7) is 4.65. The van der Waals surface area contributed by atoms with E-state index >= 15 is 0 Å². The third-order valence-corrected chi connectivity index (χ3v) is 2.43. The Bertz CT molecular complexity index is 331. The van der Waals surface area contributed by atoms with Gasteiger partial charge in [-0.05, 0) is 17.5 Å². The second-order valence-electron chi connectivity index (χ2n) is 3.43. The van der Waals surface area contributed by atoms with E-state index in [0.29, 0.717) is 0 Å². The number of hydrogen-bond acceptors (Lipinski definition) is 2. The summed E-state index contributed by atoms with van der Waals surface area (Å²) in [6, 6.07) is 6.48. The van der Waals surface area contributed by atoms with Crippen LogP contribution in [0.3, 0.4) is 0 Å². The second-order valence-corrected chi connectivity index (χ2v) is 3.43. The molecule has 0 saturated carbocycles. The minimum Gasteiger partial charge on any atom is -0.383 e. The fourth-order valence-electron chi connectivity index (χ4n) is 1.76. The fourth-order valence-corrected chi connectivity index (χ4v) is 1.76. The lowest BCUT2D eigenvalue weighted by Crippen LogP contribution is -2.35. The van der Waals surface area contributed by atoms with Crippen molar-refractivity contribution in [3.8, 4) is 0 Å². The molecule has 68 valence electrons. The van der Waals surface area contributed by atoms with Crippen LogP contribution < -0.4 is 11.1 Å². The highest BCUT2D eigenvalue weighted by atomic mass is 14.9. The number of fused-ring (bicyclic) bond motifs is 1.